The molecular weight excluding hydrogens is 271 g/mol. The molecule has 0 saturated carbocycles. The second kappa shape index (κ2) is 5.45. The van der Waals surface area contributed by atoms with Gasteiger partial charge in [0.2, 0.25) is 0 Å². The van der Waals surface area contributed by atoms with Gasteiger partial charge < -0.3 is 4.90 Å². The second-order valence-corrected chi connectivity index (χ2v) is 5.76. The Labute approximate surface area is 117 Å². The van der Waals surface area contributed by atoms with Crippen LogP contribution in [0.25, 0.3) is 0 Å². The van der Waals surface area contributed by atoms with Crippen LogP contribution in [-0.4, -0.2) is 28.9 Å². The molecule has 1 aliphatic rings. The normalized spacial score (nSPS) is 19.6. The zero-order valence-electron chi connectivity index (χ0n) is 10.5. The summed E-state index contributed by atoms with van der Waals surface area (Å²) in [7, 11) is 0. The lowest BCUT2D eigenvalue weighted by molar-refractivity contribution is 0.0784. The molecule has 1 saturated heterocycles. The number of rotatable bonds is 2. The van der Waals surface area contributed by atoms with Gasteiger partial charge in [0.1, 0.15) is 10.3 Å². The van der Waals surface area contributed by atoms with Crippen molar-refractivity contribution in [2.24, 2.45) is 11.8 Å². The smallest absolute Gasteiger partial charge is 0.256 e. The number of carbonyl (C=O) groups excluding carboxylic acids is 1. The highest BCUT2D eigenvalue weighted by Crippen LogP contribution is 2.26. The van der Waals surface area contributed by atoms with Crippen LogP contribution in [0.5, 0.6) is 0 Å². The van der Waals surface area contributed by atoms with Gasteiger partial charge in [-0.05, 0) is 30.4 Å². The van der Waals surface area contributed by atoms with Crippen molar-refractivity contribution in [1.29, 1.82) is 0 Å². The van der Waals surface area contributed by atoms with E-state index in [4.69, 9.17) is 23.2 Å². The van der Waals surface area contributed by atoms with Crippen LogP contribution in [0.1, 0.15) is 30.6 Å². The molecular formula is C13H16Cl2N2O. The van der Waals surface area contributed by atoms with Crippen LogP contribution in [-0.2, 0) is 0 Å². The van der Waals surface area contributed by atoms with Crippen molar-refractivity contribution in [3.63, 3.8) is 0 Å². The SMILES string of the molecule is CC(C)C1CCN(C(=O)c2ccc(Cl)nc2Cl)C1. The first kappa shape index (κ1) is 13.6. The lowest BCUT2D eigenvalue weighted by atomic mass is 9.95. The van der Waals surface area contributed by atoms with E-state index in [2.05, 4.69) is 18.8 Å². The van der Waals surface area contributed by atoms with Gasteiger partial charge in [-0.1, -0.05) is 37.0 Å². The van der Waals surface area contributed by atoms with E-state index in [9.17, 15) is 4.79 Å². The van der Waals surface area contributed by atoms with Gasteiger partial charge in [0.05, 0.1) is 5.56 Å². The molecule has 2 rings (SSSR count). The average Bonchev–Trinajstić information content (AvgIpc) is 2.77. The predicted octanol–water partition coefficient (Wildman–Crippen LogP) is 3.51. The molecule has 0 aliphatic carbocycles. The largest absolute Gasteiger partial charge is 0.338 e. The van der Waals surface area contributed by atoms with Gasteiger partial charge >= 0.3 is 0 Å². The molecule has 1 aliphatic heterocycles. The van der Waals surface area contributed by atoms with Gasteiger partial charge in [0, 0.05) is 13.1 Å². The van der Waals surface area contributed by atoms with E-state index >= 15 is 0 Å². The van der Waals surface area contributed by atoms with Crippen LogP contribution >= 0.6 is 23.2 Å². The molecule has 1 atom stereocenters. The third-order valence-corrected chi connectivity index (χ3v) is 4.00. The zero-order valence-corrected chi connectivity index (χ0v) is 12.0. The van der Waals surface area contributed by atoms with Crippen molar-refractivity contribution in [2.75, 3.05) is 13.1 Å². The summed E-state index contributed by atoms with van der Waals surface area (Å²) >= 11 is 11.7. The quantitative estimate of drug-likeness (QED) is 0.780. The van der Waals surface area contributed by atoms with E-state index in [0.717, 1.165) is 19.5 Å². The maximum Gasteiger partial charge on any atom is 0.256 e. The Morgan fingerprint density at radius 1 is 1.44 bits per heavy atom. The van der Waals surface area contributed by atoms with Gasteiger partial charge in [-0.3, -0.25) is 4.79 Å². The number of hydrogen-bond acceptors (Lipinski definition) is 2. The van der Waals surface area contributed by atoms with Crippen LogP contribution in [0, 0.1) is 11.8 Å². The minimum Gasteiger partial charge on any atom is -0.338 e. The second-order valence-electron chi connectivity index (χ2n) is 5.02. The van der Waals surface area contributed by atoms with Gasteiger partial charge in [-0.25, -0.2) is 4.98 Å². The Kier molecular flexibility index (Phi) is 4.13. The molecule has 2 heterocycles. The van der Waals surface area contributed by atoms with Crippen LogP contribution < -0.4 is 0 Å². The van der Waals surface area contributed by atoms with Gasteiger partial charge in [0.25, 0.3) is 5.91 Å². The number of aromatic nitrogens is 1. The highest BCUT2D eigenvalue weighted by atomic mass is 35.5. The van der Waals surface area contributed by atoms with Crippen molar-refractivity contribution < 1.29 is 4.79 Å². The van der Waals surface area contributed by atoms with Crippen LogP contribution in [0.2, 0.25) is 10.3 Å². The molecule has 1 unspecified atom stereocenters. The number of hydrogen-bond donors (Lipinski definition) is 0. The molecule has 0 radical (unpaired) electrons. The fourth-order valence-corrected chi connectivity index (χ4v) is 2.68. The summed E-state index contributed by atoms with van der Waals surface area (Å²) in [5, 5.41) is 0.485. The first-order valence-corrected chi connectivity index (χ1v) is 6.86. The minimum atomic E-state index is -0.0488. The number of halogens is 2. The Hall–Kier alpha value is -0.800. The summed E-state index contributed by atoms with van der Waals surface area (Å²) in [6, 6.07) is 3.24. The Bertz CT molecular complexity index is 462. The van der Waals surface area contributed by atoms with Crippen molar-refractivity contribution in [3.8, 4) is 0 Å². The zero-order chi connectivity index (χ0) is 13.3. The molecule has 0 N–H and O–H groups in total. The highest BCUT2D eigenvalue weighted by Gasteiger charge is 2.29. The van der Waals surface area contributed by atoms with Crippen LogP contribution in [0.4, 0.5) is 0 Å². The molecule has 0 aromatic carbocycles. The summed E-state index contributed by atoms with van der Waals surface area (Å²) in [5.74, 6) is 1.13. The number of nitrogens with zero attached hydrogens (tertiary/aromatic N) is 2. The van der Waals surface area contributed by atoms with Crippen molar-refractivity contribution in [1.82, 2.24) is 9.88 Å². The molecule has 1 aromatic rings. The maximum absolute atomic E-state index is 12.3. The molecule has 1 amide bonds. The summed E-state index contributed by atoms with van der Waals surface area (Å²) in [6.07, 6.45) is 1.06. The van der Waals surface area contributed by atoms with Crippen molar-refractivity contribution in [3.05, 3.63) is 28.0 Å². The molecule has 5 heteroatoms. The summed E-state index contributed by atoms with van der Waals surface area (Å²) in [6.45, 7) is 5.97. The maximum atomic E-state index is 12.3. The molecule has 18 heavy (non-hydrogen) atoms. The first-order chi connectivity index (χ1) is 8.49. The molecule has 3 nitrogen and oxygen atoms in total. The fourth-order valence-electron chi connectivity index (χ4n) is 2.26. The van der Waals surface area contributed by atoms with E-state index in [1.807, 2.05) is 4.90 Å². The third-order valence-electron chi connectivity index (χ3n) is 3.50. The van der Waals surface area contributed by atoms with Gasteiger partial charge in [-0.15, -0.1) is 0 Å². The average molecular weight is 287 g/mol. The van der Waals surface area contributed by atoms with Crippen LogP contribution in [0.15, 0.2) is 12.1 Å². The van der Waals surface area contributed by atoms with Gasteiger partial charge in [0.15, 0.2) is 0 Å². The monoisotopic (exact) mass is 286 g/mol. The van der Waals surface area contributed by atoms with E-state index < -0.39 is 0 Å². The number of amides is 1. The third kappa shape index (κ3) is 2.78. The standard InChI is InChI=1S/C13H16Cl2N2O/c1-8(2)9-5-6-17(7-9)13(18)10-3-4-11(14)16-12(10)15/h3-4,8-9H,5-7H2,1-2H3. The Balaban J connectivity index is 2.13. The highest BCUT2D eigenvalue weighted by molar-refractivity contribution is 6.34. The minimum absolute atomic E-state index is 0.0488. The van der Waals surface area contributed by atoms with E-state index in [1.54, 1.807) is 12.1 Å². The lowest BCUT2D eigenvalue weighted by Crippen LogP contribution is -2.29. The first-order valence-electron chi connectivity index (χ1n) is 6.10. The van der Waals surface area contributed by atoms with Crippen molar-refractivity contribution >= 4 is 29.1 Å². The molecule has 0 bridgehead atoms. The van der Waals surface area contributed by atoms with E-state index in [1.165, 1.54) is 0 Å². The summed E-state index contributed by atoms with van der Waals surface area (Å²) in [5.41, 5.74) is 0.436. The molecule has 1 fully saturated rings. The van der Waals surface area contributed by atoms with E-state index in [0.29, 0.717) is 22.6 Å². The number of likely N-dealkylation sites (tertiary alicyclic amines) is 1. The molecule has 1 aromatic heterocycles. The Morgan fingerprint density at radius 2 is 2.17 bits per heavy atom. The van der Waals surface area contributed by atoms with Crippen LogP contribution in [0.3, 0.4) is 0 Å². The lowest BCUT2D eigenvalue weighted by Gasteiger charge is -2.18. The summed E-state index contributed by atoms with van der Waals surface area (Å²) < 4.78 is 0. The molecule has 98 valence electrons. The number of carbonyl (C=O) groups is 1. The number of pyridine rings is 1. The van der Waals surface area contributed by atoms with Crippen molar-refractivity contribution in [2.45, 2.75) is 20.3 Å². The van der Waals surface area contributed by atoms with Gasteiger partial charge in [-0.2, -0.15) is 0 Å². The summed E-state index contributed by atoms with van der Waals surface area (Å²) in [4.78, 5) is 18.1. The van der Waals surface area contributed by atoms with E-state index in [-0.39, 0.29) is 11.1 Å². The fraction of sp³-hybridized carbons (Fsp3) is 0.538. The Morgan fingerprint density at radius 3 is 2.72 bits per heavy atom. The molecule has 0 spiro atoms. The topological polar surface area (TPSA) is 33.2 Å². The predicted molar refractivity (Wildman–Crippen MR) is 73.1 cm³/mol.